The summed E-state index contributed by atoms with van der Waals surface area (Å²) in [5.74, 6) is -0.237. The van der Waals surface area contributed by atoms with Gasteiger partial charge in [0.15, 0.2) is 5.72 Å². The Kier molecular flexibility index (Phi) is 5.60. The molecular formula is C16H21ClN2O3S. The van der Waals surface area contributed by atoms with E-state index in [0.717, 1.165) is 16.1 Å². The first-order chi connectivity index (χ1) is 10.8. The van der Waals surface area contributed by atoms with Gasteiger partial charge in [-0.15, -0.1) is 11.8 Å². The third-order valence-electron chi connectivity index (χ3n) is 3.54. The van der Waals surface area contributed by atoms with Crippen LogP contribution in [0, 0.1) is 0 Å². The van der Waals surface area contributed by atoms with Gasteiger partial charge in [0.1, 0.15) is 12.4 Å². The molecule has 1 N–H and O–H groups in total. The van der Waals surface area contributed by atoms with Gasteiger partial charge in [0.25, 0.3) is 0 Å². The smallest absolute Gasteiger partial charge is 0.323 e. The molecule has 23 heavy (non-hydrogen) atoms. The number of carbonyl (C=O) groups is 1. The van der Waals surface area contributed by atoms with Crippen molar-refractivity contribution in [2.45, 2.75) is 44.4 Å². The lowest BCUT2D eigenvalue weighted by atomic mass is 10.1. The zero-order valence-electron chi connectivity index (χ0n) is 13.7. The Bertz CT molecular complexity index is 646. The number of rotatable bonds is 4. The molecule has 1 heterocycles. The molecule has 0 unspecified atom stereocenters. The molecular weight excluding hydrogens is 336 g/mol. The van der Waals surface area contributed by atoms with E-state index in [1.54, 1.807) is 4.90 Å². The maximum Gasteiger partial charge on any atom is 0.323 e. The molecule has 0 aliphatic carbocycles. The number of hydrogen-bond donors (Lipinski definition) is 1. The standard InChI is InChI=1S/C16H21ClN2O3S/c1-5-12-18-16(2,3)22-9-10-6-7-11(17)15(23-4)14(10)19(12)8-13(20)21/h6-7H,5,8-9H2,1-4H3,(H,20,21)/b18-12+. The van der Waals surface area contributed by atoms with E-state index in [0.29, 0.717) is 23.9 Å². The van der Waals surface area contributed by atoms with Crippen LogP contribution in [0.5, 0.6) is 0 Å². The van der Waals surface area contributed by atoms with Gasteiger partial charge in [0, 0.05) is 16.9 Å². The van der Waals surface area contributed by atoms with Crippen LogP contribution in [0.4, 0.5) is 5.69 Å². The second kappa shape index (κ2) is 7.11. The van der Waals surface area contributed by atoms with Crippen LogP contribution in [-0.2, 0) is 16.1 Å². The van der Waals surface area contributed by atoms with Crippen LogP contribution in [0.2, 0.25) is 5.02 Å². The highest BCUT2D eigenvalue weighted by Gasteiger charge is 2.29. The highest BCUT2D eigenvalue weighted by atomic mass is 35.5. The lowest BCUT2D eigenvalue weighted by molar-refractivity contribution is -0.135. The molecule has 0 radical (unpaired) electrons. The summed E-state index contributed by atoms with van der Waals surface area (Å²) in [6, 6.07) is 3.72. The van der Waals surface area contributed by atoms with Crippen LogP contribution in [-0.4, -0.2) is 35.4 Å². The van der Waals surface area contributed by atoms with E-state index in [1.807, 2.05) is 39.2 Å². The maximum atomic E-state index is 11.4. The van der Waals surface area contributed by atoms with Crippen LogP contribution in [0.3, 0.4) is 0 Å². The SMILES string of the molecule is CC/C1=N\C(C)(C)OCc2ccc(Cl)c(SC)c2N1CC(=O)O. The summed E-state index contributed by atoms with van der Waals surface area (Å²) in [7, 11) is 0. The van der Waals surface area contributed by atoms with Crippen molar-refractivity contribution < 1.29 is 14.6 Å². The Morgan fingerprint density at radius 2 is 2.22 bits per heavy atom. The van der Waals surface area contributed by atoms with E-state index in [1.165, 1.54) is 11.8 Å². The monoisotopic (exact) mass is 356 g/mol. The van der Waals surface area contributed by atoms with Gasteiger partial charge in [0.2, 0.25) is 0 Å². The number of aliphatic imine (C=N–C) groups is 1. The van der Waals surface area contributed by atoms with E-state index in [9.17, 15) is 9.90 Å². The van der Waals surface area contributed by atoms with Crippen molar-refractivity contribution in [2.24, 2.45) is 4.99 Å². The van der Waals surface area contributed by atoms with Gasteiger partial charge in [-0.25, -0.2) is 4.99 Å². The van der Waals surface area contributed by atoms with Crippen molar-refractivity contribution in [3.05, 3.63) is 22.7 Å². The molecule has 0 saturated heterocycles. The van der Waals surface area contributed by atoms with Gasteiger partial charge >= 0.3 is 5.97 Å². The van der Waals surface area contributed by atoms with Crippen LogP contribution < -0.4 is 4.90 Å². The predicted molar refractivity (Wildman–Crippen MR) is 94.8 cm³/mol. The van der Waals surface area contributed by atoms with Gasteiger partial charge in [-0.05, 0) is 26.2 Å². The molecule has 2 rings (SSSR count). The number of thioether (sulfide) groups is 1. The summed E-state index contributed by atoms with van der Waals surface area (Å²) in [6.07, 6.45) is 2.52. The molecule has 0 fully saturated rings. The van der Waals surface area contributed by atoms with Crippen LogP contribution in [0.1, 0.15) is 32.8 Å². The molecule has 5 nitrogen and oxygen atoms in total. The van der Waals surface area contributed by atoms with Gasteiger partial charge < -0.3 is 14.7 Å². The Morgan fingerprint density at radius 3 is 2.78 bits per heavy atom. The fraction of sp³-hybridized carbons (Fsp3) is 0.500. The molecule has 1 aliphatic heterocycles. The number of halogens is 1. The minimum atomic E-state index is -0.913. The van der Waals surface area contributed by atoms with Crippen LogP contribution >= 0.6 is 23.4 Å². The topological polar surface area (TPSA) is 62.1 Å². The number of fused-ring (bicyclic) bond motifs is 1. The highest BCUT2D eigenvalue weighted by Crippen LogP contribution is 2.40. The molecule has 1 aromatic carbocycles. The second-order valence-corrected chi connectivity index (χ2v) is 6.91. The largest absolute Gasteiger partial charge is 0.480 e. The van der Waals surface area contributed by atoms with E-state index < -0.39 is 11.7 Å². The van der Waals surface area contributed by atoms with Crippen LogP contribution in [0.25, 0.3) is 0 Å². The van der Waals surface area contributed by atoms with Crippen LogP contribution in [0.15, 0.2) is 22.0 Å². The lowest BCUT2D eigenvalue weighted by Crippen LogP contribution is -2.40. The number of amidine groups is 1. The summed E-state index contributed by atoms with van der Waals surface area (Å²) >= 11 is 7.82. The van der Waals surface area contributed by atoms with E-state index in [-0.39, 0.29) is 6.54 Å². The third kappa shape index (κ3) is 4.00. The molecule has 126 valence electrons. The number of nitrogens with zero attached hydrogens (tertiary/aromatic N) is 2. The minimum Gasteiger partial charge on any atom is -0.480 e. The molecule has 7 heteroatoms. The predicted octanol–water partition coefficient (Wildman–Crippen LogP) is 4.03. The molecule has 0 saturated carbocycles. The van der Waals surface area contributed by atoms with Crippen molar-refractivity contribution in [1.82, 2.24) is 0 Å². The number of ether oxygens (including phenoxy) is 1. The first-order valence-electron chi connectivity index (χ1n) is 7.36. The van der Waals surface area contributed by atoms with Crippen molar-refractivity contribution in [3.63, 3.8) is 0 Å². The number of carboxylic acid groups (broad SMARTS) is 1. The Morgan fingerprint density at radius 1 is 1.52 bits per heavy atom. The number of anilines is 1. The number of hydrogen-bond acceptors (Lipinski definition) is 5. The lowest BCUT2D eigenvalue weighted by Gasteiger charge is -2.34. The first kappa shape index (κ1) is 18.1. The molecule has 0 aromatic heterocycles. The Balaban J connectivity index is 2.71. The normalized spacial score (nSPS) is 19.3. The average Bonchev–Trinajstić information content (AvgIpc) is 2.48. The van der Waals surface area contributed by atoms with Gasteiger partial charge in [-0.2, -0.15) is 0 Å². The number of carboxylic acids is 1. The highest BCUT2D eigenvalue weighted by molar-refractivity contribution is 7.98. The molecule has 1 aliphatic rings. The fourth-order valence-electron chi connectivity index (χ4n) is 2.56. The third-order valence-corrected chi connectivity index (χ3v) is 4.79. The van der Waals surface area contributed by atoms with E-state index >= 15 is 0 Å². The van der Waals surface area contributed by atoms with E-state index in [2.05, 4.69) is 4.99 Å². The fourth-order valence-corrected chi connectivity index (χ4v) is 3.64. The summed E-state index contributed by atoms with van der Waals surface area (Å²) < 4.78 is 5.91. The maximum absolute atomic E-state index is 11.4. The van der Waals surface area contributed by atoms with Crippen molar-refractivity contribution >= 4 is 40.9 Å². The molecule has 1 aromatic rings. The van der Waals surface area contributed by atoms with Gasteiger partial charge in [-0.1, -0.05) is 24.6 Å². The van der Waals surface area contributed by atoms with E-state index in [4.69, 9.17) is 16.3 Å². The average molecular weight is 357 g/mol. The molecule has 0 bridgehead atoms. The quantitative estimate of drug-likeness (QED) is 0.825. The van der Waals surface area contributed by atoms with Gasteiger partial charge in [0.05, 0.1) is 17.3 Å². The number of benzene rings is 1. The molecule has 0 amide bonds. The van der Waals surface area contributed by atoms with Crippen molar-refractivity contribution in [1.29, 1.82) is 0 Å². The second-order valence-electron chi connectivity index (χ2n) is 5.69. The summed E-state index contributed by atoms with van der Waals surface area (Å²) in [4.78, 5) is 18.6. The summed E-state index contributed by atoms with van der Waals surface area (Å²) in [5.41, 5.74) is 0.983. The first-order valence-corrected chi connectivity index (χ1v) is 8.96. The minimum absolute atomic E-state index is 0.163. The number of aliphatic carboxylic acids is 1. The Labute approximate surface area is 145 Å². The van der Waals surface area contributed by atoms with Gasteiger partial charge in [-0.3, -0.25) is 4.79 Å². The molecule has 0 atom stereocenters. The zero-order chi connectivity index (χ0) is 17.2. The van der Waals surface area contributed by atoms with Crippen molar-refractivity contribution in [3.8, 4) is 0 Å². The summed E-state index contributed by atoms with van der Waals surface area (Å²) in [6.45, 7) is 5.89. The zero-order valence-corrected chi connectivity index (χ0v) is 15.3. The summed E-state index contributed by atoms with van der Waals surface area (Å²) in [5, 5.41) is 9.96. The Hall–Kier alpha value is -1.24. The molecule has 0 spiro atoms. The van der Waals surface area contributed by atoms with Crippen molar-refractivity contribution in [2.75, 3.05) is 17.7 Å².